The van der Waals surface area contributed by atoms with E-state index in [0.29, 0.717) is 11.2 Å². The van der Waals surface area contributed by atoms with Crippen molar-refractivity contribution >= 4 is 33.2 Å². The number of nitrogens with one attached hydrogen (secondary N) is 1. The van der Waals surface area contributed by atoms with Gasteiger partial charge in [0, 0.05) is 15.9 Å². The minimum absolute atomic E-state index is 0.0115. The van der Waals surface area contributed by atoms with Crippen molar-refractivity contribution in [3.63, 3.8) is 0 Å². The van der Waals surface area contributed by atoms with Gasteiger partial charge in [0.1, 0.15) is 9.84 Å². The van der Waals surface area contributed by atoms with E-state index in [1.807, 2.05) is 0 Å². The van der Waals surface area contributed by atoms with Crippen LogP contribution >= 0.6 is 0 Å². The molecule has 0 aliphatic carbocycles. The largest absolute Gasteiger partial charge is 0.493 e. The van der Waals surface area contributed by atoms with Crippen LogP contribution in [0.15, 0.2) is 36.4 Å². The fourth-order valence-electron chi connectivity index (χ4n) is 3.36. The summed E-state index contributed by atoms with van der Waals surface area (Å²) in [5.41, 5.74) is -3.68. The summed E-state index contributed by atoms with van der Waals surface area (Å²) in [5.74, 6) is -2.65. The molecule has 10 heteroatoms. The molecular weight excluding hydrogens is 436 g/mol. The molecule has 0 spiro atoms. The first kappa shape index (κ1) is 18.2. The molecule has 1 heterocycles. The number of sulfone groups is 1. The standard InChI is InChI=1S/C22H24N2O7S/c1-5-31-19-11-14(9-10-18(19)30-3)17(12-32(4,28)29)24-21(26)15-7-6-8-16(23-13(2)25)20(15)22(24)27/h6-11,17H,5,12H2,1-4H3,(H,23,25)/t17-/m1/s1/i5D2,12D2. The zero-order valence-corrected chi connectivity index (χ0v) is 18.6. The van der Waals surface area contributed by atoms with Gasteiger partial charge in [0.15, 0.2) is 11.5 Å². The number of imide groups is 1. The lowest BCUT2D eigenvalue weighted by Crippen LogP contribution is -2.37. The molecule has 9 nitrogen and oxygen atoms in total. The predicted molar refractivity (Wildman–Crippen MR) is 118 cm³/mol. The summed E-state index contributed by atoms with van der Waals surface area (Å²) < 4.78 is 67.9. The van der Waals surface area contributed by atoms with Gasteiger partial charge in [0.05, 0.1) is 45.0 Å². The Labute approximate surface area is 191 Å². The van der Waals surface area contributed by atoms with Crippen molar-refractivity contribution in [3.8, 4) is 11.5 Å². The first-order chi connectivity index (χ1) is 16.5. The lowest BCUT2D eigenvalue weighted by atomic mass is 10.1. The van der Waals surface area contributed by atoms with Gasteiger partial charge in [-0.25, -0.2) is 8.42 Å². The molecule has 0 aromatic heterocycles. The van der Waals surface area contributed by atoms with Crippen LogP contribution in [-0.2, 0) is 14.6 Å². The van der Waals surface area contributed by atoms with Crippen LogP contribution in [-0.4, -0.2) is 56.7 Å². The fourth-order valence-corrected chi connectivity index (χ4v) is 4.00. The Morgan fingerprint density at radius 2 is 1.91 bits per heavy atom. The monoisotopic (exact) mass is 464 g/mol. The second kappa shape index (κ2) is 8.99. The summed E-state index contributed by atoms with van der Waals surface area (Å²) in [7, 11) is -3.26. The predicted octanol–water partition coefficient (Wildman–Crippen LogP) is 2.43. The van der Waals surface area contributed by atoms with E-state index in [2.05, 4.69) is 5.32 Å². The SMILES string of the molecule is [2H]C([2H])(C)Oc1cc([C@H](N2C(=O)c3cccc(NC(C)=O)c3C2=O)C([2H])([2H])S(C)(=O)=O)ccc1OC. The number of benzene rings is 2. The van der Waals surface area contributed by atoms with Gasteiger partial charge in [-0.2, -0.15) is 0 Å². The molecular formula is C22H24N2O7S. The highest BCUT2D eigenvalue weighted by molar-refractivity contribution is 7.90. The molecule has 0 saturated heterocycles. The Morgan fingerprint density at radius 1 is 1.19 bits per heavy atom. The number of hydrogen-bond acceptors (Lipinski definition) is 7. The summed E-state index contributed by atoms with van der Waals surface area (Å²) in [4.78, 5) is 39.0. The van der Waals surface area contributed by atoms with Crippen LogP contribution in [0.5, 0.6) is 11.5 Å². The third-order valence-corrected chi connectivity index (χ3v) is 5.21. The van der Waals surface area contributed by atoms with E-state index in [4.69, 9.17) is 15.0 Å². The second-order valence-corrected chi connectivity index (χ2v) is 8.68. The lowest BCUT2D eigenvalue weighted by Gasteiger charge is -2.27. The smallest absolute Gasteiger partial charge is 0.264 e. The van der Waals surface area contributed by atoms with Gasteiger partial charge in [-0.05, 0) is 36.8 Å². The number of amides is 3. The molecule has 1 aliphatic heterocycles. The summed E-state index contributed by atoms with van der Waals surface area (Å²) >= 11 is 0. The van der Waals surface area contributed by atoms with Crippen molar-refractivity contribution in [2.45, 2.75) is 19.9 Å². The molecule has 0 radical (unpaired) electrons. The zero-order valence-electron chi connectivity index (χ0n) is 21.8. The van der Waals surface area contributed by atoms with E-state index >= 15 is 0 Å². The Hall–Kier alpha value is -3.40. The molecule has 2 aromatic rings. The third kappa shape index (κ3) is 4.59. The molecule has 1 atom stereocenters. The highest BCUT2D eigenvalue weighted by Crippen LogP contribution is 2.38. The van der Waals surface area contributed by atoms with Crippen LogP contribution in [0.1, 0.15) is 51.7 Å². The van der Waals surface area contributed by atoms with E-state index in [0.717, 1.165) is 13.0 Å². The van der Waals surface area contributed by atoms with Crippen molar-refractivity contribution in [3.05, 3.63) is 53.1 Å². The van der Waals surface area contributed by atoms with Crippen LogP contribution < -0.4 is 14.8 Å². The number of carbonyl (C=O) groups is 3. The van der Waals surface area contributed by atoms with E-state index < -0.39 is 45.9 Å². The highest BCUT2D eigenvalue weighted by atomic mass is 32.2. The minimum Gasteiger partial charge on any atom is -0.493 e. The minimum atomic E-state index is -4.54. The average molecular weight is 465 g/mol. The number of carbonyl (C=O) groups excluding carboxylic acids is 3. The Morgan fingerprint density at radius 3 is 2.50 bits per heavy atom. The van der Waals surface area contributed by atoms with E-state index in [-0.39, 0.29) is 33.9 Å². The van der Waals surface area contributed by atoms with Crippen molar-refractivity contribution in [1.82, 2.24) is 4.90 Å². The van der Waals surface area contributed by atoms with Crippen molar-refractivity contribution in [2.75, 3.05) is 30.9 Å². The van der Waals surface area contributed by atoms with Crippen LogP contribution in [0.2, 0.25) is 0 Å². The Balaban J connectivity index is 2.26. The summed E-state index contributed by atoms with van der Waals surface area (Å²) in [6, 6.07) is 5.76. The number of rotatable bonds is 8. The number of nitrogens with zero attached hydrogens (tertiary/aromatic N) is 1. The molecule has 0 fully saturated rings. The van der Waals surface area contributed by atoms with Gasteiger partial charge >= 0.3 is 0 Å². The Kier molecular flexibility index (Phi) is 5.11. The Bertz CT molecular complexity index is 1360. The molecule has 32 heavy (non-hydrogen) atoms. The molecule has 0 unspecified atom stereocenters. The molecule has 3 amide bonds. The van der Waals surface area contributed by atoms with Crippen LogP contribution in [0.3, 0.4) is 0 Å². The van der Waals surface area contributed by atoms with E-state index in [9.17, 15) is 22.8 Å². The average Bonchev–Trinajstić information content (AvgIpc) is 2.97. The molecule has 0 saturated carbocycles. The van der Waals surface area contributed by atoms with Crippen LogP contribution in [0, 0.1) is 0 Å². The zero-order chi connectivity index (χ0) is 27.2. The van der Waals surface area contributed by atoms with Gasteiger partial charge < -0.3 is 14.8 Å². The van der Waals surface area contributed by atoms with Crippen molar-refractivity contribution in [2.24, 2.45) is 0 Å². The maximum absolute atomic E-state index is 13.5. The topological polar surface area (TPSA) is 119 Å². The van der Waals surface area contributed by atoms with Crippen LogP contribution in [0.4, 0.5) is 5.69 Å². The number of methoxy groups -OCH3 is 1. The first-order valence-electron chi connectivity index (χ1n) is 11.3. The number of hydrogen-bond donors (Lipinski definition) is 1. The lowest BCUT2D eigenvalue weighted by molar-refractivity contribution is -0.114. The van der Waals surface area contributed by atoms with Gasteiger partial charge in [0.25, 0.3) is 11.8 Å². The van der Waals surface area contributed by atoms with E-state index in [1.165, 1.54) is 44.4 Å². The van der Waals surface area contributed by atoms with Crippen molar-refractivity contribution < 1.29 is 37.8 Å². The number of fused-ring (bicyclic) bond motifs is 1. The van der Waals surface area contributed by atoms with Crippen LogP contribution in [0.25, 0.3) is 0 Å². The molecule has 1 aliphatic rings. The summed E-state index contributed by atoms with van der Waals surface area (Å²) in [5, 5.41) is 2.45. The van der Waals surface area contributed by atoms with Gasteiger partial charge in [0.2, 0.25) is 5.91 Å². The molecule has 1 N–H and O–H groups in total. The van der Waals surface area contributed by atoms with E-state index in [1.54, 1.807) is 0 Å². The molecule has 2 aromatic carbocycles. The third-order valence-electron chi connectivity index (χ3n) is 4.56. The second-order valence-electron chi connectivity index (χ2n) is 6.90. The maximum atomic E-state index is 13.5. The quantitative estimate of drug-likeness (QED) is 0.596. The molecule has 3 rings (SSSR count). The van der Waals surface area contributed by atoms with Gasteiger partial charge in [-0.1, -0.05) is 12.1 Å². The maximum Gasteiger partial charge on any atom is 0.264 e. The molecule has 170 valence electrons. The fraction of sp³-hybridized carbons (Fsp3) is 0.318. The van der Waals surface area contributed by atoms with Crippen molar-refractivity contribution in [1.29, 1.82) is 0 Å². The number of ether oxygens (including phenoxy) is 2. The summed E-state index contributed by atoms with van der Waals surface area (Å²) in [6.45, 7) is 0.120. The molecule has 0 bridgehead atoms. The first-order valence-corrected chi connectivity index (χ1v) is 11.2. The summed E-state index contributed by atoms with van der Waals surface area (Å²) in [6.07, 6.45) is 0.631. The van der Waals surface area contributed by atoms with Gasteiger partial charge in [-0.3, -0.25) is 19.3 Å². The normalized spacial score (nSPS) is 16.9. The van der Waals surface area contributed by atoms with Gasteiger partial charge in [-0.15, -0.1) is 0 Å². The highest BCUT2D eigenvalue weighted by Gasteiger charge is 2.43. The number of anilines is 1.